The minimum atomic E-state index is -0.681. The fourth-order valence-corrected chi connectivity index (χ4v) is 1.67. The lowest BCUT2D eigenvalue weighted by molar-refractivity contribution is -0.125. The molecule has 0 fully saturated rings. The van der Waals surface area contributed by atoms with Crippen LogP contribution in [0.4, 0.5) is 4.39 Å². The average molecular weight is 436 g/mol. The van der Waals surface area contributed by atoms with Crippen LogP contribution in [-0.4, -0.2) is 31.5 Å². The van der Waals surface area contributed by atoms with Crippen molar-refractivity contribution in [1.82, 2.24) is 10.6 Å². The third kappa shape index (κ3) is 8.15. The van der Waals surface area contributed by atoms with Gasteiger partial charge in [-0.05, 0) is 44.9 Å². The summed E-state index contributed by atoms with van der Waals surface area (Å²) in [5, 5.41) is 6.30. The average Bonchev–Trinajstić information content (AvgIpc) is 2.46. The number of hydrogen-bond acceptors (Lipinski definition) is 2. The molecular weight excluding hydrogens is 410 g/mol. The predicted octanol–water partition coefficient (Wildman–Crippen LogP) is 2.05. The van der Waals surface area contributed by atoms with Crippen LogP contribution in [0, 0.1) is 11.2 Å². The zero-order chi connectivity index (χ0) is 16.6. The molecule has 0 spiro atoms. The Morgan fingerprint density at radius 1 is 1.26 bits per heavy atom. The molecule has 7 heteroatoms. The summed E-state index contributed by atoms with van der Waals surface area (Å²) in [6.07, 6.45) is 0.754. The molecule has 4 N–H and O–H groups in total. The molecule has 0 heterocycles. The molecule has 1 aromatic rings. The minimum absolute atomic E-state index is 0. The van der Waals surface area contributed by atoms with Gasteiger partial charge in [-0.15, -0.1) is 24.0 Å². The Morgan fingerprint density at radius 2 is 1.87 bits per heavy atom. The number of halogens is 2. The van der Waals surface area contributed by atoms with Gasteiger partial charge < -0.3 is 16.4 Å². The van der Waals surface area contributed by atoms with E-state index < -0.39 is 5.41 Å². The molecule has 0 bridgehead atoms. The van der Waals surface area contributed by atoms with Crippen LogP contribution < -0.4 is 16.4 Å². The van der Waals surface area contributed by atoms with Gasteiger partial charge in [0.15, 0.2) is 5.96 Å². The Balaban J connectivity index is 0.00000484. The van der Waals surface area contributed by atoms with E-state index in [4.69, 9.17) is 5.73 Å². The maximum absolute atomic E-state index is 12.8. The van der Waals surface area contributed by atoms with E-state index in [1.165, 1.54) is 12.1 Å². The van der Waals surface area contributed by atoms with E-state index in [1.807, 2.05) is 6.92 Å². The van der Waals surface area contributed by atoms with Crippen LogP contribution in [0.25, 0.3) is 0 Å². The van der Waals surface area contributed by atoms with Gasteiger partial charge in [-0.3, -0.25) is 9.79 Å². The Bertz CT molecular complexity index is 517. The smallest absolute Gasteiger partial charge is 0.224 e. The minimum Gasteiger partial charge on any atom is -0.369 e. The first-order chi connectivity index (χ1) is 10.3. The molecule has 0 aliphatic rings. The number of nitrogens with one attached hydrogen (secondary N) is 2. The molecule has 0 aromatic heterocycles. The van der Waals surface area contributed by atoms with Gasteiger partial charge in [0.25, 0.3) is 0 Å². The van der Waals surface area contributed by atoms with E-state index in [9.17, 15) is 9.18 Å². The normalized spacial score (nSPS) is 11.6. The van der Waals surface area contributed by atoms with Gasteiger partial charge in [-0.1, -0.05) is 12.1 Å². The third-order valence-corrected chi connectivity index (χ3v) is 3.26. The van der Waals surface area contributed by atoms with Crippen molar-refractivity contribution in [3.63, 3.8) is 0 Å². The number of aliphatic imine (C=N–C) groups is 1. The molecule has 130 valence electrons. The summed E-state index contributed by atoms with van der Waals surface area (Å²) in [5.41, 5.74) is 5.70. The van der Waals surface area contributed by atoms with Gasteiger partial charge in [-0.2, -0.15) is 0 Å². The van der Waals surface area contributed by atoms with E-state index >= 15 is 0 Å². The van der Waals surface area contributed by atoms with E-state index in [0.717, 1.165) is 18.5 Å². The van der Waals surface area contributed by atoms with E-state index in [1.54, 1.807) is 26.0 Å². The zero-order valence-corrected chi connectivity index (χ0v) is 16.2. The van der Waals surface area contributed by atoms with Crippen molar-refractivity contribution in [2.24, 2.45) is 16.1 Å². The number of carbonyl (C=O) groups is 1. The van der Waals surface area contributed by atoms with E-state index in [2.05, 4.69) is 15.6 Å². The van der Waals surface area contributed by atoms with Crippen LogP contribution in [0.1, 0.15) is 26.3 Å². The molecule has 5 nitrogen and oxygen atoms in total. The predicted molar refractivity (Wildman–Crippen MR) is 102 cm³/mol. The van der Waals surface area contributed by atoms with Crippen LogP contribution in [0.3, 0.4) is 0 Å². The van der Waals surface area contributed by atoms with Gasteiger partial charge in [0.2, 0.25) is 5.91 Å². The Hall–Kier alpha value is -1.38. The second-order valence-corrected chi connectivity index (χ2v) is 5.75. The Kier molecular flexibility index (Phi) is 9.78. The van der Waals surface area contributed by atoms with Gasteiger partial charge in [-0.25, -0.2) is 4.39 Å². The molecule has 23 heavy (non-hydrogen) atoms. The van der Waals surface area contributed by atoms with Crippen LogP contribution >= 0.6 is 24.0 Å². The van der Waals surface area contributed by atoms with Crippen molar-refractivity contribution < 1.29 is 9.18 Å². The van der Waals surface area contributed by atoms with E-state index in [-0.39, 0.29) is 35.7 Å². The number of benzene rings is 1. The molecule has 1 amide bonds. The second kappa shape index (κ2) is 10.4. The van der Waals surface area contributed by atoms with Crippen LogP contribution in [0.5, 0.6) is 0 Å². The van der Waals surface area contributed by atoms with Crippen LogP contribution in [0.2, 0.25) is 0 Å². The fourth-order valence-electron chi connectivity index (χ4n) is 1.67. The molecule has 0 saturated carbocycles. The number of primary amides is 1. The first-order valence-corrected chi connectivity index (χ1v) is 7.41. The lowest BCUT2D eigenvalue weighted by Gasteiger charge is -2.19. The highest BCUT2D eigenvalue weighted by Crippen LogP contribution is 2.13. The van der Waals surface area contributed by atoms with Crippen molar-refractivity contribution >= 4 is 35.8 Å². The fraction of sp³-hybridized carbons (Fsp3) is 0.500. The van der Waals surface area contributed by atoms with Gasteiger partial charge in [0.05, 0.1) is 12.0 Å². The quantitative estimate of drug-likeness (QED) is 0.348. The monoisotopic (exact) mass is 436 g/mol. The van der Waals surface area contributed by atoms with Crippen molar-refractivity contribution in [2.75, 3.05) is 19.6 Å². The summed E-state index contributed by atoms with van der Waals surface area (Å²) in [6.45, 7) is 7.19. The number of nitrogens with two attached hydrogens (primary N) is 1. The molecule has 1 aromatic carbocycles. The molecular formula is C16H26FIN4O. The lowest BCUT2D eigenvalue weighted by Crippen LogP contribution is -2.40. The largest absolute Gasteiger partial charge is 0.369 e. The summed E-state index contributed by atoms with van der Waals surface area (Å²) < 4.78 is 12.8. The highest BCUT2D eigenvalue weighted by molar-refractivity contribution is 14.0. The van der Waals surface area contributed by atoms with Gasteiger partial charge in [0, 0.05) is 13.1 Å². The molecule has 0 aliphatic heterocycles. The van der Waals surface area contributed by atoms with Crippen LogP contribution in [0.15, 0.2) is 29.3 Å². The molecule has 0 radical (unpaired) electrons. The Morgan fingerprint density at radius 3 is 2.39 bits per heavy atom. The highest BCUT2D eigenvalue weighted by Gasteiger charge is 2.24. The molecule has 0 atom stereocenters. The number of guanidine groups is 1. The number of carbonyl (C=O) groups excluding carboxylic acids is 1. The maximum atomic E-state index is 12.8. The van der Waals surface area contributed by atoms with E-state index in [0.29, 0.717) is 19.0 Å². The first kappa shape index (κ1) is 21.6. The van der Waals surface area contributed by atoms with Gasteiger partial charge >= 0.3 is 0 Å². The summed E-state index contributed by atoms with van der Waals surface area (Å²) in [5.74, 6) is 0.0256. The molecule has 1 rings (SSSR count). The maximum Gasteiger partial charge on any atom is 0.224 e. The molecule has 0 saturated heterocycles. The number of hydrogen-bond donors (Lipinski definition) is 3. The van der Waals surface area contributed by atoms with Crippen molar-refractivity contribution in [1.29, 1.82) is 0 Å². The highest BCUT2D eigenvalue weighted by atomic mass is 127. The topological polar surface area (TPSA) is 79.5 Å². The summed E-state index contributed by atoms with van der Waals surface area (Å²) in [6, 6.07) is 6.42. The molecule has 0 unspecified atom stereocenters. The van der Waals surface area contributed by atoms with Crippen molar-refractivity contribution in [2.45, 2.75) is 27.2 Å². The SMILES string of the molecule is CCNC(=NCC(C)(C)C(N)=O)NCCc1ccc(F)cc1.I. The van der Waals surface area contributed by atoms with Crippen LogP contribution in [-0.2, 0) is 11.2 Å². The third-order valence-electron chi connectivity index (χ3n) is 3.26. The number of amides is 1. The standard InChI is InChI=1S/C16H25FN4O.HI/c1-4-19-15(21-11-16(2,3)14(18)22)20-10-9-12-5-7-13(17)8-6-12;/h5-8H,4,9-11H2,1-3H3,(H2,18,22)(H2,19,20,21);1H. The first-order valence-electron chi connectivity index (χ1n) is 7.41. The van der Waals surface area contributed by atoms with Crippen molar-refractivity contribution in [3.8, 4) is 0 Å². The Labute approximate surface area is 154 Å². The molecule has 0 aliphatic carbocycles. The zero-order valence-electron chi connectivity index (χ0n) is 13.9. The summed E-state index contributed by atoms with van der Waals surface area (Å²) >= 11 is 0. The summed E-state index contributed by atoms with van der Waals surface area (Å²) in [7, 11) is 0. The van der Waals surface area contributed by atoms with Crippen molar-refractivity contribution in [3.05, 3.63) is 35.6 Å². The lowest BCUT2D eigenvalue weighted by atomic mass is 9.93. The second-order valence-electron chi connectivity index (χ2n) is 5.75. The number of nitrogens with zero attached hydrogens (tertiary/aromatic N) is 1. The van der Waals surface area contributed by atoms with Gasteiger partial charge in [0.1, 0.15) is 5.82 Å². The summed E-state index contributed by atoms with van der Waals surface area (Å²) in [4.78, 5) is 15.7. The number of rotatable bonds is 7.